The number of hydrogen-bond acceptors (Lipinski definition) is 5. The molecule has 0 radical (unpaired) electrons. The molecule has 0 bridgehead atoms. The molecule has 1 unspecified atom stereocenters. The molecule has 6 heteroatoms. The van der Waals surface area contributed by atoms with E-state index >= 15 is 0 Å². The molecule has 0 aliphatic carbocycles. The first-order valence-corrected chi connectivity index (χ1v) is 6.94. The van der Waals surface area contributed by atoms with Crippen molar-refractivity contribution in [3.05, 3.63) is 21.9 Å². The Morgan fingerprint density at radius 3 is 3.00 bits per heavy atom. The smallest absolute Gasteiger partial charge is 0.275 e. The maximum atomic E-state index is 11.4. The largest absolute Gasteiger partial charge is 0.304 e. The summed E-state index contributed by atoms with van der Waals surface area (Å²) in [7, 11) is 2.16. The van der Waals surface area contributed by atoms with Gasteiger partial charge in [0.1, 0.15) is 0 Å². The van der Waals surface area contributed by atoms with Crippen LogP contribution in [0.25, 0.3) is 0 Å². The lowest BCUT2D eigenvalue weighted by Gasteiger charge is -2.37. The van der Waals surface area contributed by atoms with Crippen LogP contribution < -0.4 is 11.3 Å². The van der Waals surface area contributed by atoms with Crippen LogP contribution in [0.15, 0.2) is 12.1 Å². The number of piperazine rings is 1. The van der Waals surface area contributed by atoms with Crippen molar-refractivity contribution in [1.29, 1.82) is 0 Å². The van der Waals surface area contributed by atoms with Gasteiger partial charge < -0.3 is 4.90 Å². The van der Waals surface area contributed by atoms with Crippen LogP contribution in [-0.2, 0) is 6.54 Å². The van der Waals surface area contributed by atoms with E-state index in [2.05, 4.69) is 29.2 Å². The van der Waals surface area contributed by atoms with Crippen LogP contribution in [0, 0.1) is 0 Å². The molecule has 2 heterocycles. The Morgan fingerprint density at radius 2 is 2.33 bits per heavy atom. The van der Waals surface area contributed by atoms with Gasteiger partial charge in [0.25, 0.3) is 5.91 Å². The third kappa shape index (κ3) is 3.08. The molecule has 0 saturated carbocycles. The minimum absolute atomic E-state index is 0.210. The van der Waals surface area contributed by atoms with E-state index in [1.54, 1.807) is 0 Å². The van der Waals surface area contributed by atoms with E-state index in [1.807, 2.05) is 12.1 Å². The molecule has 1 atom stereocenters. The van der Waals surface area contributed by atoms with Gasteiger partial charge in [-0.1, -0.05) is 0 Å². The maximum Gasteiger partial charge on any atom is 0.275 e. The Kier molecular flexibility index (Phi) is 4.34. The second kappa shape index (κ2) is 5.79. The van der Waals surface area contributed by atoms with E-state index < -0.39 is 0 Å². The first-order chi connectivity index (χ1) is 8.60. The molecule has 0 aromatic carbocycles. The Morgan fingerprint density at radius 1 is 1.56 bits per heavy atom. The molecule has 100 valence electrons. The van der Waals surface area contributed by atoms with Crippen molar-refractivity contribution in [2.24, 2.45) is 5.84 Å². The van der Waals surface area contributed by atoms with Crippen molar-refractivity contribution in [3.63, 3.8) is 0 Å². The van der Waals surface area contributed by atoms with Gasteiger partial charge >= 0.3 is 0 Å². The standard InChI is InChI=1S/C12H20N4OS/c1-9-7-15(2)5-6-16(9)8-10-3-4-11(18-10)12(17)14-13/h3-4,9H,5-8,13H2,1-2H3,(H,14,17). The second-order valence-corrected chi connectivity index (χ2v) is 5.99. The third-order valence-corrected chi connectivity index (χ3v) is 4.41. The number of nitrogens with two attached hydrogens (primary N) is 1. The summed E-state index contributed by atoms with van der Waals surface area (Å²) in [4.78, 5) is 18.1. The third-order valence-electron chi connectivity index (χ3n) is 3.34. The van der Waals surface area contributed by atoms with E-state index in [9.17, 15) is 4.79 Å². The number of rotatable bonds is 3. The highest BCUT2D eigenvalue weighted by atomic mass is 32.1. The quantitative estimate of drug-likeness (QED) is 0.476. The Bertz CT molecular complexity index is 420. The molecule has 1 aliphatic heterocycles. The Balaban J connectivity index is 1.97. The average molecular weight is 268 g/mol. The highest BCUT2D eigenvalue weighted by Crippen LogP contribution is 2.20. The van der Waals surface area contributed by atoms with E-state index in [1.165, 1.54) is 16.2 Å². The predicted molar refractivity (Wildman–Crippen MR) is 73.3 cm³/mol. The van der Waals surface area contributed by atoms with Crippen molar-refractivity contribution in [1.82, 2.24) is 15.2 Å². The Labute approximate surface area is 112 Å². The highest BCUT2D eigenvalue weighted by Gasteiger charge is 2.22. The average Bonchev–Trinajstić information content (AvgIpc) is 2.80. The fourth-order valence-electron chi connectivity index (χ4n) is 2.27. The molecule has 18 heavy (non-hydrogen) atoms. The molecular weight excluding hydrogens is 248 g/mol. The molecule has 1 aliphatic rings. The summed E-state index contributed by atoms with van der Waals surface area (Å²) in [6.07, 6.45) is 0. The van der Waals surface area contributed by atoms with Crippen molar-refractivity contribution in [3.8, 4) is 0 Å². The van der Waals surface area contributed by atoms with E-state index in [0.717, 1.165) is 26.2 Å². The molecule has 1 aromatic heterocycles. The van der Waals surface area contributed by atoms with Crippen LogP contribution in [0.4, 0.5) is 0 Å². The van der Waals surface area contributed by atoms with Crippen LogP contribution in [0.3, 0.4) is 0 Å². The lowest BCUT2D eigenvalue weighted by molar-refractivity contribution is 0.0947. The van der Waals surface area contributed by atoms with Gasteiger partial charge in [-0.25, -0.2) is 5.84 Å². The molecule has 1 fully saturated rings. The van der Waals surface area contributed by atoms with Gasteiger partial charge in [0.15, 0.2) is 0 Å². The summed E-state index contributed by atoms with van der Waals surface area (Å²) >= 11 is 1.51. The van der Waals surface area contributed by atoms with Gasteiger partial charge in [-0.3, -0.25) is 15.1 Å². The van der Waals surface area contributed by atoms with Gasteiger partial charge in [0, 0.05) is 37.1 Å². The number of nitrogens with zero attached hydrogens (tertiary/aromatic N) is 2. The number of hydrazine groups is 1. The Hall–Kier alpha value is -0.950. The number of amides is 1. The van der Waals surface area contributed by atoms with E-state index in [-0.39, 0.29) is 5.91 Å². The van der Waals surface area contributed by atoms with Crippen LogP contribution in [0.1, 0.15) is 21.5 Å². The number of hydrogen-bond donors (Lipinski definition) is 2. The number of carbonyl (C=O) groups is 1. The first-order valence-electron chi connectivity index (χ1n) is 6.12. The van der Waals surface area contributed by atoms with Gasteiger partial charge in [-0.05, 0) is 26.1 Å². The van der Waals surface area contributed by atoms with Crippen LogP contribution >= 0.6 is 11.3 Å². The summed E-state index contributed by atoms with van der Waals surface area (Å²) in [6.45, 7) is 6.44. The minimum Gasteiger partial charge on any atom is -0.304 e. The molecule has 5 nitrogen and oxygen atoms in total. The summed E-state index contributed by atoms with van der Waals surface area (Å²) in [5.74, 6) is 4.92. The summed E-state index contributed by atoms with van der Waals surface area (Å²) < 4.78 is 0. The zero-order valence-electron chi connectivity index (χ0n) is 10.8. The van der Waals surface area contributed by atoms with Crippen LogP contribution in [0.5, 0.6) is 0 Å². The molecule has 1 aromatic rings. The lowest BCUT2D eigenvalue weighted by Crippen LogP contribution is -2.49. The molecular formula is C12H20N4OS. The number of nitrogens with one attached hydrogen (secondary N) is 1. The SMILES string of the molecule is CC1CN(C)CCN1Cc1ccc(C(=O)NN)s1. The zero-order chi connectivity index (χ0) is 13.1. The summed E-state index contributed by atoms with van der Waals surface area (Å²) in [6, 6.07) is 4.40. The molecule has 1 saturated heterocycles. The normalized spacial score (nSPS) is 22.1. The monoisotopic (exact) mass is 268 g/mol. The summed E-state index contributed by atoms with van der Waals surface area (Å²) in [5, 5.41) is 0. The van der Waals surface area contributed by atoms with Crippen LogP contribution in [-0.4, -0.2) is 48.4 Å². The number of thiophene rings is 1. The second-order valence-electron chi connectivity index (χ2n) is 4.82. The minimum atomic E-state index is -0.210. The molecule has 2 rings (SSSR count). The van der Waals surface area contributed by atoms with Crippen molar-refractivity contribution in [2.75, 3.05) is 26.7 Å². The van der Waals surface area contributed by atoms with Crippen molar-refractivity contribution < 1.29 is 4.79 Å². The van der Waals surface area contributed by atoms with Gasteiger partial charge in [-0.2, -0.15) is 0 Å². The van der Waals surface area contributed by atoms with Gasteiger partial charge in [0.05, 0.1) is 4.88 Å². The number of nitrogen functional groups attached to an aromatic ring is 1. The van der Waals surface area contributed by atoms with Crippen molar-refractivity contribution >= 4 is 17.2 Å². The van der Waals surface area contributed by atoms with Crippen LogP contribution in [0.2, 0.25) is 0 Å². The van der Waals surface area contributed by atoms with E-state index in [4.69, 9.17) is 5.84 Å². The van der Waals surface area contributed by atoms with Crippen molar-refractivity contribution in [2.45, 2.75) is 19.5 Å². The lowest BCUT2D eigenvalue weighted by atomic mass is 10.2. The zero-order valence-corrected chi connectivity index (χ0v) is 11.7. The highest BCUT2D eigenvalue weighted by molar-refractivity contribution is 7.14. The van der Waals surface area contributed by atoms with Gasteiger partial charge in [0.2, 0.25) is 0 Å². The first kappa shape index (κ1) is 13.5. The molecule has 0 spiro atoms. The molecule has 1 amide bonds. The number of likely N-dealkylation sites (N-methyl/N-ethyl adjacent to an activating group) is 1. The fourth-order valence-corrected chi connectivity index (χ4v) is 3.21. The number of carbonyl (C=O) groups excluding carboxylic acids is 1. The topological polar surface area (TPSA) is 61.6 Å². The van der Waals surface area contributed by atoms with E-state index in [0.29, 0.717) is 10.9 Å². The fraction of sp³-hybridized carbons (Fsp3) is 0.583. The molecule has 3 N–H and O–H groups in total. The maximum absolute atomic E-state index is 11.4. The predicted octanol–water partition coefficient (Wildman–Crippen LogP) is 0.488. The summed E-state index contributed by atoms with van der Waals surface area (Å²) in [5.41, 5.74) is 2.16. The van der Waals surface area contributed by atoms with Gasteiger partial charge in [-0.15, -0.1) is 11.3 Å².